The van der Waals surface area contributed by atoms with E-state index in [2.05, 4.69) is 40.0 Å². The first-order chi connectivity index (χ1) is 30.8. The number of aromatic amines is 1. The molecule has 8 rings (SSSR count). The number of nitrogens with one attached hydrogen (secondary N) is 4. The highest BCUT2D eigenvalue weighted by molar-refractivity contribution is 7.90. The molecule has 0 spiro atoms. The highest BCUT2D eigenvalue weighted by Crippen LogP contribution is 2.30. The number of carbonyl (C=O) groups excluding carboxylic acids is 4. The molecular weight excluding hydrogens is 847 g/mol. The molecule has 5 heterocycles. The molecule has 0 aliphatic carbocycles. The summed E-state index contributed by atoms with van der Waals surface area (Å²) in [6.45, 7) is 8.56. The first-order valence-electron chi connectivity index (χ1n) is 21.3. The van der Waals surface area contributed by atoms with Crippen LogP contribution in [0.15, 0.2) is 79.1 Å². The zero-order valence-corrected chi connectivity index (χ0v) is 36.4. The van der Waals surface area contributed by atoms with E-state index in [1.54, 1.807) is 19.2 Å². The van der Waals surface area contributed by atoms with E-state index in [-0.39, 0.29) is 29.8 Å². The van der Waals surface area contributed by atoms with Crippen molar-refractivity contribution in [3.05, 3.63) is 107 Å². The number of piperazine rings is 2. The molecule has 3 fully saturated rings. The van der Waals surface area contributed by atoms with Crippen molar-refractivity contribution in [2.75, 3.05) is 87.4 Å². The van der Waals surface area contributed by atoms with Gasteiger partial charge in [0.05, 0.1) is 17.8 Å². The van der Waals surface area contributed by atoms with Crippen LogP contribution < -0.4 is 20.3 Å². The van der Waals surface area contributed by atoms with Crippen molar-refractivity contribution >= 4 is 61.8 Å². The summed E-state index contributed by atoms with van der Waals surface area (Å²) in [5.74, 6) is -3.85. The quantitative estimate of drug-likeness (QED) is 0.0934. The molecule has 3 amide bonds. The lowest BCUT2D eigenvalue weighted by molar-refractivity contribution is -0.135. The highest BCUT2D eigenvalue weighted by Gasteiger charge is 2.29. The molecule has 16 nitrogen and oxygen atoms in total. The number of ketones is 1. The van der Waals surface area contributed by atoms with Crippen LogP contribution in [0, 0.1) is 11.6 Å². The van der Waals surface area contributed by atoms with E-state index in [0.29, 0.717) is 55.6 Å². The highest BCUT2D eigenvalue weighted by atomic mass is 32.2. The summed E-state index contributed by atoms with van der Waals surface area (Å²) in [5, 5.41) is 5.99. The number of rotatable bonds is 14. The molecule has 0 bridgehead atoms. The monoisotopic (exact) mass is 896 g/mol. The molecular formula is C45H50F2N10O6S. The first kappa shape index (κ1) is 44.3. The maximum Gasteiger partial charge on any atom is 0.301 e. The third kappa shape index (κ3) is 9.76. The number of imide groups is 1. The molecule has 336 valence electrons. The van der Waals surface area contributed by atoms with Gasteiger partial charge in [-0.1, -0.05) is 37.3 Å². The molecule has 2 aromatic heterocycles. The molecule has 64 heavy (non-hydrogen) atoms. The Labute approximate surface area is 369 Å². The van der Waals surface area contributed by atoms with Gasteiger partial charge in [-0.25, -0.2) is 13.8 Å². The Balaban J connectivity index is 0.821. The van der Waals surface area contributed by atoms with Gasteiger partial charge in [0.15, 0.2) is 5.82 Å². The van der Waals surface area contributed by atoms with E-state index < -0.39 is 44.9 Å². The average Bonchev–Trinajstić information content (AvgIpc) is 3.72. The smallest absolute Gasteiger partial charge is 0.301 e. The number of hydrogen-bond donors (Lipinski definition) is 4. The number of aromatic nitrogens is 2. The fourth-order valence-electron chi connectivity index (χ4n) is 8.21. The van der Waals surface area contributed by atoms with Gasteiger partial charge in [0.25, 0.3) is 0 Å². The van der Waals surface area contributed by atoms with Gasteiger partial charge in [0.1, 0.15) is 17.5 Å². The Kier molecular flexibility index (Phi) is 13.0. The number of anilines is 3. The summed E-state index contributed by atoms with van der Waals surface area (Å²) in [6.07, 6.45) is 3.74. The number of piperidine rings is 1. The van der Waals surface area contributed by atoms with Gasteiger partial charge < -0.3 is 20.1 Å². The van der Waals surface area contributed by atoms with Crippen LogP contribution in [0.1, 0.15) is 41.3 Å². The Hall–Kier alpha value is -6.28. The van der Waals surface area contributed by atoms with Crippen LogP contribution in [0.4, 0.5) is 25.8 Å². The van der Waals surface area contributed by atoms with Gasteiger partial charge in [0.2, 0.25) is 23.5 Å². The summed E-state index contributed by atoms with van der Waals surface area (Å²) in [4.78, 5) is 66.8. The Morgan fingerprint density at radius 2 is 1.64 bits per heavy atom. The van der Waals surface area contributed by atoms with Crippen LogP contribution in [-0.4, -0.2) is 139 Å². The Bertz CT molecular complexity index is 2680. The molecule has 3 aromatic carbocycles. The molecule has 1 atom stereocenters. The number of H-pyrrole nitrogens is 1. The SMILES string of the molecule is CCN(C)S(=O)(=O)Nc1ccc(F)c(C(=O)c2c[nH]c3ncc(-c4ccc(CN5CCN(C(=O)CN6CCN(c7cccc(NC8CCC(=O)NC8=O)c7)CC6)CC5)cc4)cc23)c1F. The van der Waals surface area contributed by atoms with E-state index in [9.17, 15) is 27.6 Å². The molecule has 0 radical (unpaired) electrons. The minimum absolute atomic E-state index is 0.0225. The zero-order chi connectivity index (χ0) is 45.1. The summed E-state index contributed by atoms with van der Waals surface area (Å²) < 4.78 is 58.8. The van der Waals surface area contributed by atoms with Gasteiger partial charge in [0, 0.05) is 119 Å². The summed E-state index contributed by atoms with van der Waals surface area (Å²) in [6, 6.07) is 18.9. The topological polar surface area (TPSA) is 183 Å². The number of hydrogen-bond acceptors (Lipinski definition) is 11. The zero-order valence-electron chi connectivity index (χ0n) is 35.6. The molecule has 3 aliphatic rings. The molecule has 3 saturated heterocycles. The predicted molar refractivity (Wildman–Crippen MR) is 239 cm³/mol. The van der Waals surface area contributed by atoms with Crippen LogP contribution in [0.2, 0.25) is 0 Å². The van der Waals surface area contributed by atoms with E-state index in [0.717, 1.165) is 78.2 Å². The van der Waals surface area contributed by atoms with Crippen LogP contribution in [0.5, 0.6) is 0 Å². The van der Waals surface area contributed by atoms with Crippen molar-refractivity contribution in [3.8, 4) is 11.1 Å². The van der Waals surface area contributed by atoms with Gasteiger partial charge >= 0.3 is 10.2 Å². The summed E-state index contributed by atoms with van der Waals surface area (Å²) in [5.41, 5.74) is 3.32. The van der Waals surface area contributed by atoms with E-state index in [1.807, 2.05) is 53.4 Å². The standard InChI is InChI=1S/C45H50F2N10O6S/c1-3-53(2)64(62,63)52-37-12-11-36(46)41(42(37)47)43(60)35-26-49-44-34(35)23-31(25-48-44)30-9-7-29(8-10-30)27-54-17-21-57(22-18-54)40(59)28-55-15-19-56(20-16-55)33-6-4-5-32(24-33)50-38-13-14-39(58)51-45(38)61/h4-12,23-26,38,50,52H,3,13-22,27-28H2,1-2H3,(H,48,49)(H,51,58,61). The number of pyridine rings is 1. The number of amides is 3. The van der Waals surface area contributed by atoms with Gasteiger partial charge in [-0.15, -0.1) is 0 Å². The molecule has 3 aliphatic heterocycles. The van der Waals surface area contributed by atoms with Crippen LogP contribution in [0.25, 0.3) is 22.2 Å². The number of halogens is 2. The molecule has 4 N–H and O–H groups in total. The van der Waals surface area contributed by atoms with Crippen molar-refractivity contribution in [2.45, 2.75) is 32.4 Å². The van der Waals surface area contributed by atoms with E-state index in [1.165, 1.54) is 13.2 Å². The molecule has 19 heteroatoms. The van der Waals surface area contributed by atoms with Crippen LogP contribution >= 0.6 is 0 Å². The number of nitrogens with zero attached hydrogens (tertiary/aromatic N) is 6. The van der Waals surface area contributed by atoms with Crippen molar-refractivity contribution in [3.63, 3.8) is 0 Å². The third-order valence-corrected chi connectivity index (χ3v) is 13.7. The minimum Gasteiger partial charge on any atom is -0.374 e. The van der Waals surface area contributed by atoms with E-state index in [4.69, 9.17) is 0 Å². The van der Waals surface area contributed by atoms with E-state index >= 15 is 8.78 Å². The predicted octanol–water partition coefficient (Wildman–Crippen LogP) is 4.03. The van der Waals surface area contributed by atoms with Gasteiger partial charge in [-0.2, -0.15) is 12.7 Å². The minimum atomic E-state index is -4.14. The maximum atomic E-state index is 15.6. The second-order valence-corrected chi connectivity index (χ2v) is 18.0. The number of carbonyl (C=O) groups is 4. The number of benzene rings is 3. The second-order valence-electron chi connectivity index (χ2n) is 16.3. The molecule has 0 saturated carbocycles. The van der Waals surface area contributed by atoms with Gasteiger partial charge in [-0.3, -0.25) is 39.0 Å². The average molecular weight is 897 g/mol. The van der Waals surface area contributed by atoms with Gasteiger partial charge in [-0.05, 0) is 53.9 Å². The van der Waals surface area contributed by atoms with Crippen LogP contribution in [-0.2, 0) is 31.1 Å². The normalized spacial score (nSPS) is 17.8. The van der Waals surface area contributed by atoms with Crippen LogP contribution in [0.3, 0.4) is 0 Å². The first-order valence-corrected chi connectivity index (χ1v) is 22.7. The van der Waals surface area contributed by atoms with Crippen molar-refractivity contribution in [1.82, 2.24) is 34.3 Å². The summed E-state index contributed by atoms with van der Waals surface area (Å²) >= 11 is 0. The summed E-state index contributed by atoms with van der Waals surface area (Å²) in [7, 11) is -2.84. The number of fused-ring (bicyclic) bond motifs is 1. The fraction of sp³-hybridized carbons (Fsp3) is 0.356. The lowest BCUT2D eigenvalue weighted by Crippen LogP contribution is -2.53. The third-order valence-electron chi connectivity index (χ3n) is 12.1. The van der Waals surface area contributed by atoms with Crippen molar-refractivity contribution in [2.24, 2.45) is 0 Å². The van der Waals surface area contributed by atoms with Crippen molar-refractivity contribution in [1.29, 1.82) is 0 Å². The van der Waals surface area contributed by atoms with Crippen molar-refractivity contribution < 1.29 is 36.4 Å². The Morgan fingerprint density at radius 1 is 0.906 bits per heavy atom. The maximum absolute atomic E-state index is 15.6. The lowest BCUT2D eigenvalue weighted by Gasteiger charge is -2.38. The second kappa shape index (κ2) is 18.8. The molecule has 5 aromatic rings. The molecule has 1 unspecified atom stereocenters. The fourth-order valence-corrected chi connectivity index (χ4v) is 9.14. The largest absolute Gasteiger partial charge is 0.374 e. The lowest BCUT2D eigenvalue weighted by atomic mass is 9.99. The Morgan fingerprint density at radius 3 is 2.36 bits per heavy atom.